The maximum atomic E-state index is 11.4. The summed E-state index contributed by atoms with van der Waals surface area (Å²) in [5, 5.41) is 0. The number of carbonyl (C=O) groups is 1. The van der Waals surface area contributed by atoms with Crippen LogP contribution in [-0.4, -0.2) is 18.7 Å². The fourth-order valence-electron chi connectivity index (χ4n) is 1.67. The Morgan fingerprint density at radius 3 is 2.79 bits per heavy atom. The van der Waals surface area contributed by atoms with Crippen molar-refractivity contribution in [3.05, 3.63) is 30.3 Å². The van der Waals surface area contributed by atoms with E-state index in [2.05, 4.69) is 6.92 Å². The lowest BCUT2D eigenvalue weighted by molar-refractivity contribution is 0.178. The lowest BCUT2D eigenvalue weighted by Gasteiger charge is -2.19. The number of anilines is 1. The normalized spacial score (nSPS) is 21.1. The van der Waals surface area contributed by atoms with Gasteiger partial charge in [0, 0.05) is 5.69 Å². The molecule has 74 valence electrons. The maximum absolute atomic E-state index is 11.4. The van der Waals surface area contributed by atoms with E-state index in [1.807, 2.05) is 30.3 Å². The largest absolute Gasteiger partial charge is 0.447 e. The molecule has 0 bridgehead atoms. The van der Waals surface area contributed by atoms with Gasteiger partial charge >= 0.3 is 6.09 Å². The van der Waals surface area contributed by atoms with E-state index in [1.54, 1.807) is 4.90 Å². The molecule has 3 nitrogen and oxygen atoms in total. The first-order chi connectivity index (χ1) is 6.83. The Morgan fingerprint density at radius 1 is 1.43 bits per heavy atom. The molecule has 2 rings (SSSR count). The molecule has 3 heteroatoms. The molecule has 1 aromatic carbocycles. The number of amides is 1. The van der Waals surface area contributed by atoms with Gasteiger partial charge in [-0.25, -0.2) is 4.79 Å². The minimum absolute atomic E-state index is 0.185. The van der Waals surface area contributed by atoms with Crippen LogP contribution in [-0.2, 0) is 4.74 Å². The molecule has 1 atom stereocenters. The van der Waals surface area contributed by atoms with Crippen molar-refractivity contribution < 1.29 is 9.53 Å². The number of para-hydroxylation sites is 1. The van der Waals surface area contributed by atoms with Crippen molar-refractivity contribution in [2.75, 3.05) is 11.5 Å². The number of rotatable bonds is 2. The maximum Gasteiger partial charge on any atom is 0.414 e. The second-order valence-corrected chi connectivity index (χ2v) is 3.34. The number of benzene rings is 1. The second kappa shape index (κ2) is 3.70. The highest BCUT2D eigenvalue weighted by Crippen LogP contribution is 2.23. The average Bonchev–Trinajstić information content (AvgIpc) is 2.61. The van der Waals surface area contributed by atoms with Crippen LogP contribution in [0.15, 0.2) is 30.3 Å². The highest BCUT2D eigenvalue weighted by molar-refractivity contribution is 5.90. The lowest BCUT2D eigenvalue weighted by atomic mass is 10.2. The van der Waals surface area contributed by atoms with Crippen LogP contribution in [0.2, 0.25) is 0 Å². The van der Waals surface area contributed by atoms with Gasteiger partial charge in [0.25, 0.3) is 0 Å². The summed E-state index contributed by atoms with van der Waals surface area (Å²) in [5.41, 5.74) is 0.918. The number of carbonyl (C=O) groups excluding carboxylic acids is 1. The zero-order chi connectivity index (χ0) is 9.97. The van der Waals surface area contributed by atoms with E-state index in [4.69, 9.17) is 4.74 Å². The predicted octanol–water partition coefficient (Wildman–Crippen LogP) is 2.42. The van der Waals surface area contributed by atoms with Crippen LogP contribution in [0.5, 0.6) is 0 Å². The molecule has 1 fully saturated rings. The summed E-state index contributed by atoms with van der Waals surface area (Å²) >= 11 is 0. The lowest BCUT2D eigenvalue weighted by Crippen LogP contribution is -2.32. The van der Waals surface area contributed by atoms with E-state index in [-0.39, 0.29) is 12.1 Å². The fraction of sp³-hybridized carbons (Fsp3) is 0.364. The van der Waals surface area contributed by atoms with Gasteiger partial charge in [-0.1, -0.05) is 25.1 Å². The summed E-state index contributed by atoms with van der Waals surface area (Å²) in [6.45, 7) is 2.56. The van der Waals surface area contributed by atoms with E-state index in [0.29, 0.717) is 6.61 Å². The zero-order valence-corrected chi connectivity index (χ0v) is 8.14. The Bertz CT molecular complexity index is 323. The van der Waals surface area contributed by atoms with Crippen LogP contribution >= 0.6 is 0 Å². The molecule has 0 N–H and O–H groups in total. The van der Waals surface area contributed by atoms with Crippen molar-refractivity contribution in [2.45, 2.75) is 19.4 Å². The van der Waals surface area contributed by atoms with Crippen LogP contribution < -0.4 is 4.90 Å². The van der Waals surface area contributed by atoms with Crippen molar-refractivity contribution >= 4 is 11.8 Å². The molecule has 0 aromatic heterocycles. The van der Waals surface area contributed by atoms with Gasteiger partial charge in [-0.05, 0) is 18.6 Å². The fourth-order valence-corrected chi connectivity index (χ4v) is 1.67. The number of nitrogens with zero attached hydrogens (tertiary/aromatic N) is 1. The number of hydrogen-bond donors (Lipinski definition) is 0. The van der Waals surface area contributed by atoms with Crippen LogP contribution in [0.4, 0.5) is 10.5 Å². The molecule has 1 unspecified atom stereocenters. The first-order valence-electron chi connectivity index (χ1n) is 4.84. The van der Waals surface area contributed by atoms with E-state index in [0.717, 1.165) is 12.1 Å². The highest BCUT2D eigenvalue weighted by atomic mass is 16.6. The monoisotopic (exact) mass is 191 g/mol. The molecule has 0 saturated carbocycles. The first-order valence-corrected chi connectivity index (χ1v) is 4.84. The quantitative estimate of drug-likeness (QED) is 0.718. The Balaban J connectivity index is 2.28. The summed E-state index contributed by atoms with van der Waals surface area (Å²) < 4.78 is 5.01. The van der Waals surface area contributed by atoms with Gasteiger partial charge in [-0.15, -0.1) is 0 Å². The molecule has 0 radical (unpaired) electrons. The van der Waals surface area contributed by atoms with E-state index in [9.17, 15) is 4.79 Å². The SMILES string of the molecule is CCC1COC(=O)N1c1ccccc1. The van der Waals surface area contributed by atoms with Crippen molar-refractivity contribution in [1.82, 2.24) is 0 Å². The average molecular weight is 191 g/mol. The van der Waals surface area contributed by atoms with E-state index >= 15 is 0 Å². The third-order valence-electron chi connectivity index (χ3n) is 2.47. The minimum atomic E-state index is -0.233. The minimum Gasteiger partial charge on any atom is -0.447 e. The van der Waals surface area contributed by atoms with Crippen molar-refractivity contribution in [1.29, 1.82) is 0 Å². The molecule has 1 aliphatic rings. The van der Waals surface area contributed by atoms with Gasteiger partial charge in [0.05, 0.1) is 6.04 Å². The van der Waals surface area contributed by atoms with Crippen molar-refractivity contribution in [3.63, 3.8) is 0 Å². The highest BCUT2D eigenvalue weighted by Gasteiger charge is 2.32. The van der Waals surface area contributed by atoms with Gasteiger partial charge in [0.1, 0.15) is 6.61 Å². The van der Waals surface area contributed by atoms with E-state index in [1.165, 1.54) is 0 Å². The number of cyclic esters (lactones) is 1. The van der Waals surface area contributed by atoms with Gasteiger partial charge in [-0.3, -0.25) is 4.90 Å². The molecule has 0 spiro atoms. The van der Waals surface area contributed by atoms with Gasteiger partial charge in [0.15, 0.2) is 0 Å². The molecular formula is C11H13NO2. The Kier molecular flexibility index (Phi) is 2.39. The molecule has 1 amide bonds. The summed E-state index contributed by atoms with van der Waals surface area (Å²) in [6.07, 6.45) is 0.684. The van der Waals surface area contributed by atoms with Gasteiger partial charge in [-0.2, -0.15) is 0 Å². The Morgan fingerprint density at radius 2 is 2.14 bits per heavy atom. The first kappa shape index (κ1) is 9.06. The summed E-state index contributed by atoms with van der Waals surface area (Å²) in [7, 11) is 0. The number of ether oxygens (including phenoxy) is 1. The van der Waals surface area contributed by atoms with Crippen LogP contribution in [0.25, 0.3) is 0 Å². The smallest absolute Gasteiger partial charge is 0.414 e. The van der Waals surface area contributed by atoms with Gasteiger partial charge in [0.2, 0.25) is 0 Å². The molecule has 0 aliphatic carbocycles. The van der Waals surface area contributed by atoms with Crippen LogP contribution in [0.3, 0.4) is 0 Å². The molecule has 1 saturated heterocycles. The Hall–Kier alpha value is -1.51. The molecule has 1 aromatic rings. The summed E-state index contributed by atoms with van der Waals surface area (Å²) in [6, 6.07) is 9.82. The number of hydrogen-bond acceptors (Lipinski definition) is 2. The second-order valence-electron chi connectivity index (χ2n) is 3.34. The molecule has 14 heavy (non-hydrogen) atoms. The van der Waals surface area contributed by atoms with Crippen molar-refractivity contribution in [3.8, 4) is 0 Å². The summed E-state index contributed by atoms with van der Waals surface area (Å²) in [4.78, 5) is 13.2. The standard InChI is InChI=1S/C11H13NO2/c1-2-9-8-14-11(13)12(9)10-6-4-3-5-7-10/h3-7,9H,2,8H2,1H3. The topological polar surface area (TPSA) is 29.5 Å². The van der Waals surface area contributed by atoms with E-state index < -0.39 is 0 Å². The molecule has 1 aliphatic heterocycles. The van der Waals surface area contributed by atoms with Crippen LogP contribution in [0.1, 0.15) is 13.3 Å². The van der Waals surface area contributed by atoms with Gasteiger partial charge < -0.3 is 4.74 Å². The third-order valence-corrected chi connectivity index (χ3v) is 2.47. The molecule has 1 heterocycles. The third kappa shape index (κ3) is 1.45. The predicted molar refractivity (Wildman–Crippen MR) is 54.3 cm³/mol. The molecular weight excluding hydrogens is 178 g/mol. The van der Waals surface area contributed by atoms with Crippen LogP contribution in [0, 0.1) is 0 Å². The summed E-state index contributed by atoms with van der Waals surface area (Å²) in [5.74, 6) is 0. The van der Waals surface area contributed by atoms with Crippen molar-refractivity contribution in [2.24, 2.45) is 0 Å². The Labute approximate surface area is 83.3 Å². The zero-order valence-electron chi connectivity index (χ0n) is 8.14.